The van der Waals surface area contributed by atoms with Crippen LogP contribution in [-0.2, 0) is 9.53 Å². The largest absolute Gasteiger partial charge is 0.618 e. The predicted molar refractivity (Wildman–Crippen MR) is 134 cm³/mol. The van der Waals surface area contributed by atoms with Gasteiger partial charge in [0.05, 0.1) is 27.2 Å². The minimum Gasteiger partial charge on any atom is -0.618 e. The van der Waals surface area contributed by atoms with Gasteiger partial charge in [-0.05, 0) is 26.0 Å². The average molecular weight is 583 g/mol. The van der Waals surface area contributed by atoms with Crippen LogP contribution in [0.25, 0.3) is 0 Å². The molecule has 3 rings (SSSR count). The van der Waals surface area contributed by atoms with Gasteiger partial charge in [-0.3, -0.25) is 4.79 Å². The summed E-state index contributed by atoms with van der Waals surface area (Å²) in [5.74, 6) is -10.9. The number of hydrogen-bond donors (Lipinski definition) is 2. The fourth-order valence-electron chi connectivity index (χ4n) is 4.23. The van der Waals surface area contributed by atoms with Crippen molar-refractivity contribution in [2.75, 3.05) is 21.3 Å². The summed E-state index contributed by atoms with van der Waals surface area (Å²) in [6.07, 6.45) is -0.401. The number of benzene rings is 2. The Bertz CT molecular complexity index is 1410. The second-order valence-electron chi connectivity index (χ2n) is 8.69. The molecule has 2 atom stereocenters. The number of methoxy groups -OCH3 is 3. The lowest BCUT2D eigenvalue weighted by Gasteiger charge is -2.29. The predicted octanol–water partition coefficient (Wildman–Crippen LogP) is 3.49. The van der Waals surface area contributed by atoms with Gasteiger partial charge in [0.25, 0.3) is 0 Å². The normalized spacial score (nSPS) is 12.4. The van der Waals surface area contributed by atoms with E-state index in [1.807, 2.05) is 0 Å². The van der Waals surface area contributed by atoms with E-state index in [0.717, 1.165) is 50.7 Å². The molecule has 41 heavy (non-hydrogen) atoms. The molecule has 0 saturated carbocycles. The van der Waals surface area contributed by atoms with Crippen LogP contribution in [0.1, 0.15) is 41.4 Å². The Morgan fingerprint density at radius 2 is 1.39 bits per heavy atom. The number of rotatable bonds is 10. The van der Waals surface area contributed by atoms with Gasteiger partial charge in [-0.2, -0.15) is 13.5 Å². The van der Waals surface area contributed by atoms with Crippen molar-refractivity contribution in [1.29, 1.82) is 0 Å². The minimum absolute atomic E-state index is 0.0641. The zero-order chi connectivity index (χ0) is 30.6. The average Bonchev–Trinajstić information content (AvgIpc) is 2.93. The molecule has 2 aromatic carbocycles. The number of aromatic nitrogens is 1. The Hall–Kier alpha value is -4.75. The lowest BCUT2D eigenvalue weighted by atomic mass is 9.85. The summed E-state index contributed by atoms with van der Waals surface area (Å²) in [7, 11) is 3.32. The highest BCUT2D eigenvalue weighted by atomic mass is 19.2. The lowest BCUT2D eigenvalue weighted by Crippen LogP contribution is -2.46. The number of nitrogens with zero attached hydrogens (tertiary/aromatic N) is 1. The van der Waals surface area contributed by atoms with E-state index >= 15 is 0 Å². The van der Waals surface area contributed by atoms with E-state index in [4.69, 9.17) is 18.9 Å². The summed E-state index contributed by atoms with van der Waals surface area (Å²) in [6.45, 7) is 2.54. The fraction of sp³-hybridized carbons (Fsp3) is 0.296. The highest BCUT2D eigenvalue weighted by molar-refractivity contribution is 5.96. The molecule has 1 heterocycles. The number of hydrogen-bond acceptors (Lipinski definition) is 8. The zero-order valence-electron chi connectivity index (χ0n) is 22.5. The molecule has 1 amide bonds. The Morgan fingerprint density at radius 3 is 1.85 bits per heavy atom. The molecule has 0 unspecified atom stereocenters. The summed E-state index contributed by atoms with van der Waals surface area (Å²) in [6, 6.07) is 3.51. The van der Waals surface area contributed by atoms with E-state index in [1.165, 1.54) is 21.0 Å². The molecular formula is C27H26F4N2O8. The molecule has 0 aliphatic rings. The third-order valence-electron chi connectivity index (χ3n) is 6.19. The number of carbonyl (C=O) groups is 2. The second-order valence-corrected chi connectivity index (χ2v) is 8.69. The molecule has 0 fully saturated rings. The number of halogens is 4. The van der Waals surface area contributed by atoms with Crippen LogP contribution in [0, 0.1) is 28.5 Å². The monoisotopic (exact) mass is 582 g/mol. The van der Waals surface area contributed by atoms with Crippen LogP contribution in [-0.4, -0.2) is 50.5 Å². The molecule has 14 heteroatoms. The Kier molecular flexibility index (Phi) is 9.47. The Balaban J connectivity index is 1.98. The van der Waals surface area contributed by atoms with Gasteiger partial charge < -0.3 is 34.6 Å². The maximum absolute atomic E-state index is 14.7. The smallest absolute Gasteiger partial charge is 0.328 e. The number of carbonyl (C=O) groups excluding carboxylic acids is 2. The van der Waals surface area contributed by atoms with Crippen molar-refractivity contribution < 1.29 is 55.9 Å². The summed E-state index contributed by atoms with van der Waals surface area (Å²) >= 11 is 0. The van der Waals surface area contributed by atoms with Crippen LogP contribution in [0.5, 0.6) is 23.0 Å². The standard InChI is InChI=1S/C27H26F4N2O8/c1-12(32-26(35)22-23(34)18(38-3)10-11-33(22)37)27(36)41-13(2)19(14-6-8-16(28)20(30)24(14)39-4)15-7-9-17(29)21(31)25(15)40-5/h6-13,19,34H,1-5H3,(H,32,35)/t12-,13-/m0/s1. The number of ether oxygens (including phenoxy) is 4. The molecular weight excluding hydrogens is 556 g/mol. The van der Waals surface area contributed by atoms with Crippen LogP contribution in [0.4, 0.5) is 17.6 Å². The summed E-state index contributed by atoms with van der Waals surface area (Å²) in [5.41, 5.74) is -0.948. The van der Waals surface area contributed by atoms with E-state index in [1.54, 1.807) is 0 Å². The first-order valence-electron chi connectivity index (χ1n) is 11.9. The molecule has 10 nitrogen and oxygen atoms in total. The molecule has 0 saturated heterocycles. The fourth-order valence-corrected chi connectivity index (χ4v) is 4.23. The molecule has 0 aliphatic heterocycles. The third-order valence-corrected chi connectivity index (χ3v) is 6.19. The molecule has 3 aromatic rings. The van der Waals surface area contributed by atoms with Crippen molar-refractivity contribution in [3.63, 3.8) is 0 Å². The molecule has 0 spiro atoms. The van der Waals surface area contributed by atoms with Crippen molar-refractivity contribution in [3.8, 4) is 23.0 Å². The van der Waals surface area contributed by atoms with Gasteiger partial charge in [0.15, 0.2) is 35.1 Å². The quantitative estimate of drug-likeness (QED) is 0.161. The van der Waals surface area contributed by atoms with Gasteiger partial charge in [-0.15, -0.1) is 0 Å². The lowest BCUT2D eigenvalue weighted by molar-refractivity contribution is -0.608. The first kappa shape index (κ1) is 30.8. The summed E-state index contributed by atoms with van der Waals surface area (Å²) < 4.78 is 77.8. The van der Waals surface area contributed by atoms with Crippen LogP contribution in [0.3, 0.4) is 0 Å². The Labute approximate surface area is 231 Å². The van der Waals surface area contributed by atoms with E-state index in [2.05, 4.69) is 5.32 Å². The maximum Gasteiger partial charge on any atom is 0.328 e. The zero-order valence-corrected chi connectivity index (χ0v) is 22.5. The van der Waals surface area contributed by atoms with Gasteiger partial charge in [0.2, 0.25) is 17.4 Å². The van der Waals surface area contributed by atoms with Crippen molar-refractivity contribution in [3.05, 3.63) is 81.8 Å². The molecule has 2 N–H and O–H groups in total. The topological polar surface area (TPSA) is 130 Å². The van der Waals surface area contributed by atoms with E-state index in [-0.39, 0.29) is 21.6 Å². The first-order chi connectivity index (χ1) is 19.4. The van der Waals surface area contributed by atoms with Crippen LogP contribution >= 0.6 is 0 Å². The molecule has 1 aromatic heterocycles. The van der Waals surface area contributed by atoms with Gasteiger partial charge in [0, 0.05) is 17.2 Å². The number of nitrogens with one attached hydrogen (secondary N) is 1. The molecule has 0 aliphatic carbocycles. The number of esters is 1. The molecule has 0 bridgehead atoms. The molecule has 0 radical (unpaired) electrons. The number of aromatic hydroxyl groups is 1. The van der Waals surface area contributed by atoms with Gasteiger partial charge in [-0.25, -0.2) is 13.6 Å². The Morgan fingerprint density at radius 1 is 0.878 bits per heavy atom. The number of pyridine rings is 1. The van der Waals surface area contributed by atoms with Crippen LogP contribution < -0.4 is 24.3 Å². The van der Waals surface area contributed by atoms with Crippen molar-refractivity contribution >= 4 is 11.9 Å². The SMILES string of the molecule is COc1cc[n+]([O-])c(C(=O)N[C@@H](C)C(=O)O[C@@H](C)C(c2ccc(F)c(F)c2OC)c2ccc(F)c(F)c2OC)c1O. The third kappa shape index (κ3) is 6.05. The van der Waals surface area contributed by atoms with Crippen molar-refractivity contribution in [2.24, 2.45) is 0 Å². The van der Waals surface area contributed by atoms with E-state index < -0.39 is 76.2 Å². The van der Waals surface area contributed by atoms with Crippen LogP contribution in [0.15, 0.2) is 36.5 Å². The highest BCUT2D eigenvalue weighted by Crippen LogP contribution is 2.42. The van der Waals surface area contributed by atoms with Crippen molar-refractivity contribution in [2.45, 2.75) is 31.9 Å². The van der Waals surface area contributed by atoms with E-state index in [0.29, 0.717) is 0 Å². The molecule has 220 valence electrons. The van der Waals surface area contributed by atoms with E-state index in [9.17, 15) is 37.5 Å². The van der Waals surface area contributed by atoms with Crippen LogP contribution in [0.2, 0.25) is 0 Å². The van der Waals surface area contributed by atoms with Crippen molar-refractivity contribution in [1.82, 2.24) is 5.32 Å². The minimum atomic E-state index is -1.42. The summed E-state index contributed by atoms with van der Waals surface area (Å²) in [4.78, 5) is 25.7. The highest BCUT2D eigenvalue weighted by Gasteiger charge is 2.35. The summed E-state index contributed by atoms with van der Waals surface area (Å²) in [5, 5.41) is 24.5. The maximum atomic E-state index is 14.7. The van der Waals surface area contributed by atoms with Gasteiger partial charge in [-0.1, -0.05) is 12.1 Å². The first-order valence-corrected chi connectivity index (χ1v) is 11.9. The number of amides is 1. The second kappa shape index (κ2) is 12.6. The van der Waals surface area contributed by atoms with Gasteiger partial charge in [0.1, 0.15) is 12.1 Å². The van der Waals surface area contributed by atoms with Gasteiger partial charge >= 0.3 is 17.6 Å².